The molecule has 2 rings (SSSR count). The molecule has 1 aliphatic rings. The van der Waals surface area contributed by atoms with E-state index in [2.05, 4.69) is 17.2 Å². The molecule has 1 heterocycles. The number of pyridine rings is 1. The van der Waals surface area contributed by atoms with Gasteiger partial charge >= 0.3 is 0 Å². The Labute approximate surface area is 125 Å². The summed E-state index contributed by atoms with van der Waals surface area (Å²) in [5.41, 5.74) is 5.98. The van der Waals surface area contributed by atoms with Crippen LogP contribution in [-0.4, -0.2) is 17.4 Å². The number of aromatic nitrogens is 1. The Morgan fingerprint density at radius 3 is 3.10 bits per heavy atom. The standard InChI is InChI=1S/C15H22ClN3O/c1-10-3-2-4-11(7-10)5-6-18-15(20)12-8-14(17)19-9-13(12)16/h8-11H,2-7H2,1H3,(H2,17,19)(H,18,20). The van der Waals surface area contributed by atoms with Crippen LogP contribution >= 0.6 is 11.6 Å². The fourth-order valence-corrected chi connectivity index (χ4v) is 3.12. The van der Waals surface area contributed by atoms with Crippen LogP contribution in [0.1, 0.15) is 49.4 Å². The maximum atomic E-state index is 12.0. The molecule has 0 aliphatic heterocycles. The first-order chi connectivity index (χ1) is 9.56. The highest BCUT2D eigenvalue weighted by Crippen LogP contribution is 2.30. The third kappa shape index (κ3) is 4.10. The second-order valence-electron chi connectivity index (χ2n) is 5.77. The van der Waals surface area contributed by atoms with E-state index in [4.69, 9.17) is 17.3 Å². The van der Waals surface area contributed by atoms with Crippen molar-refractivity contribution in [2.75, 3.05) is 12.3 Å². The number of anilines is 1. The van der Waals surface area contributed by atoms with Crippen LogP contribution < -0.4 is 11.1 Å². The van der Waals surface area contributed by atoms with Crippen LogP contribution in [0.2, 0.25) is 5.02 Å². The minimum atomic E-state index is -0.173. The van der Waals surface area contributed by atoms with Gasteiger partial charge in [0.2, 0.25) is 0 Å². The number of halogens is 1. The number of amides is 1. The third-order valence-electron chi connectivity index (χ3n) is 4.00. The first-order valence-corrected chi connectivity index (χ1v) is 7.63. The summed E-state index contributed by atoms with van der Waals surface area (Å²) in [6, 6.07) is 1.51. The van der Waals surface area contributed by atoms with Crippen molar-refractivity contribution in [2.24, 2.45) is 11.8 Å². The number of nitrogen functional groups attached to an aromatic ring is 1. The molecule has 110 valence electrons. The third-order valence-corrected chi connectivity index (χ3v) is 4.31. The zero-order valence-electron chi connectivity index (χ0n) is 11.9. The average molecular weight is 296 g/mol. The Morgan fingerprint density at radius 1 is 1.55 bits per heavy atom. The van der Waals surface area contributed by atoms with Crippen LogP contribution in [0.25, 0.3) is 0 Å². The van der Waals surface area contributed by atoms with Gasteiger partial charge < -0.3 is 11.1 Å². The van der Waals surface area contributed by atoms with E-state index < -0.39 is 0 Å². The Balaban J connectivity index is 1.81. The van der Waals surface area contributed by atoms with Crippen molar-refractivity contribution in [2.45, 2.75) is 39.0 Å². The molecular formula is C15H22ClN3O. The van der Waals surface area contributed by atoms with Crippen LogP contribution in [0.5, 0.6) is 0 Å². The smallest absolute Gasteiger partial charge is 0.252 e. The quantitative estimate of drug-likeness (QED) is 0.896. The normalized spacial score (nSPS) is 22.5. The molecule has 0 bridgehead atoms. The Kier molecular flexibility index (Phi) is 5.24. The molecule has 0 radical (unpaired) electrons. The Hall–Kier alpha value is -1.29. The highest BCUT2D eigenvalue weighted by atomic mass is 35.5. The lowest BCUT2D eigenvalue weighted by atomic mass is 9.81. The fourth-order valence-electron chi connectivity index (χ4n) is 2.94. The van der Waals surface area contributed by atoms with E-state index in [0.717, 1.165) is 18.3 Å². The zero-order valence-corrected chi connectivity index (χ0v) is 12.6. The lowest BCUT2D eigenvalue weighted by Crippen LogP contribution is -2.27. The molecule has 5 heteroatoms. The molecule has 2 atom stereocenters. The summed E-state index contributed by atoms with van der Waals surface area (Å²) in [4.78, 5) is 15.9. The number of hydrogen-bond acceptors (Lipinski definition) is 3. The number of nitrogens with one attached hydrogen (secondary N) is 1. The number of rotatable bonds is 4. The van der Waals surface area contributed by atoms with Gasteiger partial charge in [0.05, 0.1) is 10.6 Å². The lowest BCUT2D eigenvalue weighted by molar-refractivity contribution is 0.0949. The van der Waals surface area contributed by atoms with Crippen LogP contribution in [0.15, 0.2) is 12.3 Å². The van der Waals surface area contributed by atoms with Gasteiger partial charge in [-0.1, -0.05) is 37.8 Å². The molecule has 1 saturated carbocycles. The summed E-state index contributed by atoms with van der Waals surface area (Å²) < 4.78 is 0. The molecule has 1 aliphatic carbocycles. The molecule has 4 nitrogen and oxygen atoms in total. The van der Waals surface area contributed by atoms with Crippen molar-refractivity contribution < 1.29 is 4.79 Å². The van der Waals surface area contributed by atoms with Crippen molar-refractivity contribution in [1.29, 1.82) is 0 Å². The molecule has 1 aromatic rings. The van der Waals surface area contributed by atoms with Gasteiger partial charge in [-0.15, -0.1) is 0 Å². The minimum Gasteiger partial charge on any atom is -0.384 e. The van der Waals surface area contributed by atoms with E-state index in [1.165, 1.54) is 37.9 Å². The second kappa shape index (κ2) is 6.93. The van der Waals surface area contributed by atoms with Crippen LogP contribution in [-0.2, 0) is 0 Å². The van der Waals surface area contributed by atoms with E-state index in [9.17, 15) is 4.79 Å². The van der Waals surface area contributed by atoms with Crippen molar-refractivity contribution in [3.05, 3.63) is 22.8 Å². The van der Waals surface area contributed by atoms with Crippen LogP contribution in [0.4, 0.5) is 5.82 Å². The average Bonchev–Trinajstić information content (AvgIpc) is 2.41. The predicted octanol–water partition coefficient (Wildman–Crippen LogP) is 3.26. The van der Waals surface area contributed by atoms with Gasteiger partial charge in [0.15, 0.2) is 0 Å². The largest absolute Gasteiger partial charge is 0.384 e. The molecule has 20 heavy (non-hydrogen) atoms. The fraction of sp³-hybridized carbons (Fsp3) is 0.600. The molecule has 0 saturated heterocycles. The van der Waals surface area contributed by atoms with E-state index >= 15 is 0 Å². The summed E-state index contributed by atoms with van der Waals surface area (Å²) in [6.45, 7) is 3.00. The van der Waals surface area contributed by atoms with Gasteiger partial charge in [0.25, 0.3) is 5.91 Å². The Bertz CT molecular complexity index is 478. The van der Waals surface area contributed by atoms with E-state index in [-0.39, 0.29) is 5.91 Å². The van der Waals surface area contributed by atoms with Gasteiger partial charge in [0, 0.05) is 12.7 Å². The van der Waals surface area contributed by atoms with Gasteiger partial charge in [-0.2, -0.15) is 0 Å². The molecule has 1 fully saturated rings. The second-order valence-corrected chi connectivity index (χ2v) is 6.18. The minimum absolute atomic E-state index is 0.173. The first kappa shape index (κ1) is 15.1. The van der Waals surface area contributed by atoms with Crippen molar-refractivity contribution >= 4 is 23.3 Å². The molecule has 3 N–H and O–H groups in total. The molecule has 1 aromatic heterocycles. The van der Waals surface area contributed by atoms with Gasteiger partial charge in [-0.05, 0) is 30.7 Å². The maximum Gasteiger partial charge on any atom is 0.252 e. The van der Waals surface area contributed by atoms with E-state index in [1.54, 1.807) is 0 Å². The molecule has 1 amide bonds. The Morgan fingerprint density at radius 2 is 2.35 bits per heavy atom. The molecule has 0 spiro atoms. The number of carbonyl (C=O) groups excluding carboxylic acids is 1. The molecular weight excluding hydrogens is 274 g/mol. The SMILES string of the molecule is CC1CCCC(CCNC(=O)c2cc(N)ncc2Cl)C1. The van der Waals surface area contributed by atoms with E-state index in [1.807, 2.05) is 0 Å². The van der Waals surface area contributed by atoms with Crippen molar-refractivity contribution in [3.63, 3.8) is 0 Å². The monoisotopic (exact) mass is 295 g/mol. The van der Waals surface area contributed by atoms with Crippen molar-refractivity contribution in [1.82, 2.24) is 10.3 Å². The number of hydrogen-bond donors (Lipinski definition) is 2. The van der Waals surface area contributed by atoms with Gasteiger partial charge in [0.1, 0.15) is 5.82 Å². The lowest BCUT2D eigenvalue weighted by Gasteiger charge is -2.26. The molecule has 2 unspecified atom stereocenters. The highest BCUT2D eigenvalue weighted by molar-refractivity contribution is 6.33. The summed E-state index contributed by atoms with van der Waals surface area (Å²) in [5, 5.41) is 3.26. The van der Waals surface area contributed by atoms with E-state index in [0.29, 0.717) is 22.9 Å². The highest BCUT2D eigenvalue weighted by Gasteiger charge is 2.19. The van der Waals surface area contributed by atoms with Gasteiger partial charge in [-0.3, -0.25) is 4.79 Å². The summed E-state index contributed by atoms with van der Waals surface area (Å²) in [7, 11) is 0. The summed E-state index contributed by atoms with van der Waals surface area (Å²) >= 11 is 5.96. The van der Waals surface area contributed by atoms with Crippen LogP contribution in [0.3, 0.4) is 0 Å². The first-order valence-electron chi connectivity index (χ1n) is 7.25. The van der Waals surface area contributed by atoms with Crippen molar-refractivity contribution in [3.8, 4) is 0 Å². The summed E-state index contributed by atoms with van der Waals surface area (Å²) in [5.74, 6) is 1.68. The predicted molar refractivity (Wildman–Crippen MR) is 81.7 cm³/mol. The molecule has 0 aromatic carbocycles. The topological polar surface area (TPSA) is 68.0 Å². The maximum absolute atomic E-state index is 12.0. The van der Waals surface area contributed by atoms with Crippen LogP contribution in [0, 0.1) is 11.8 Å². The summed E-state index contributed by atoms with van der Waals surface area (Å²) in [6.07, 6.45) is 7.66. The zero-order chi connectivity index (χ0) is 14.5. The number of carbonyl (C=O) groups is 1. The van der Waals surface area contributed by atoms with Gasteiger partial charge in [-0.25, -0.2) is 4.98 Å². The number of nitrogens with zero attached hydrogens (tertiary/aromatic N) is 1. The number of nitrogens with two attached hydrogens (primary N) is 1.